The number of piperidine rings is 1. The molecule has 4 rings (SSSR count). The number of hydrogen-bond donors (Lipinski definition) is 1. The molecule has 3 aromatic rings. The summed E-state index contributed by atoms with van der Waals surface area (Å²) in [4.78, 5) is 36.2. The van der Waals surface area contributed by atoms with Crippen LogP contribution in [0.25, 0.3) is 0 Å². The van der Waals surface area contributed by atoms with Crippen molar-refractivity contribution in [3.8, 4) is 0 Å². The van der Waals surface area contributed by atoms with Crippen molar-refractivity contribution in [3.63, 3.8) is 0 Å². The van der Waals surface area contributed by atoms with Crippen LogP contribution in [0, 0.1) is 13.8 Å². The van der Waals surface area contributed by atoms with Gasteiger partial charge in [-0.2, -0.15) is 0 Å². The van der Waals surface area contributed by atoms with E-state index in [1.165, 1.54) is 0 Å². The molecular weight excluding hydrogens is 406 g/mol. The SMILES string of the molecule is Cc1cc(CC(=O)N2CCC(c3nc(C)ccc3C(=O)NCc3cccnc3)CC2)on1. The molecule has 0 saturated carbocycles. The molecule has 2 amide bonds. The molecule has 1 saturated heterocycles. The topological polar surface area (TPSA) is 101 Å². The Balaban J connectivity index is 1.40. The van der Waals surface area contributed by atoms with E-state index in [9.17, 15) is 9.59 Å². The van der Waals surface area contributed by atoms with Gasteiger partial charge in [-0.1, -0.05) is 11.2 Å². The second-order valence-electron chi connectivity index (χ2n) is 8.20. The normalized spacial score (nSPS) is 14.4. The molecule has 0 bridgehead atoms. The maximum atomic E-state index is 12.9. The third-order valence-corrected chi connectivity index (χ3v) is 5.72. The van der Waals surface area contributed by atoms with Gasteiger partial charge in [-0.3, -0.25) is 19.6 Å². The summed E-state index contributed by atoms with van der Waals surface area (Å²) in [5, 5.41) is 6.81. The Labute approximate surface area is 187 Å². The highest BCUT2D eigenvalue weighted by Gasteiger charge is 2.28. The molecule has 1 aliphatic rings. The largest absolute Gasteiger partial charge is 0.361 e. The quantitative estimate of drug-likeness (QED) is 0.641. The van der Waals surface area contributed by atoms with E-state index in [0.717, 1.165) is 35.5 Å². The number of likely N-dealkylation sites (tertiary alicyclic amines) is 1. The summed E-state index contributed by atoms with van der Waals surface area (Å²) in [5.74, 6) is 0.606. The molecule has 32 heavy (non-hydrogen) atoms. The molecule has 0 aliphatic carbocycles. The van der Waals surface area contributed by atoms with Crippen LogP contribution in [-0.2, 0) is 17.8 Å². The Morgan fingerprint density at radius 1 is 1.16 bits per heavy atom. The van der Waals surface area contributed by atoms with Crippen molar-refractivity contribution in [2.75, 3.05) is 13.1 Å². The summed E-state index contributed by atoms with van der Waals surface area (Å²) >= 11 is 0. The number of aryl methyl sites for hydroxylation is 2. The summed E-state index contributed by atoms with van der Waals surface area (Å²) < 4.78 is 5.17. The molecule has 0 unspecified atom stereocenters. The zero-order chi connectivity index (χ0) is 22.5. The van der Waals surface area contributed by atoms with E-state index in [0.29, 0.717) is 31.0 Å². The van der Waals surface area contributed by atoms with Crippen molar-refractivity contribution >= 4 is 11.8 Å². The summed E-state index contributed by atoms with van der Waals surface area (Å²) in [6, 6.07) is 9.27. The van der Waals surface area contributed by atoms with Gasteiger partial charge >= 0.3 is 0 Å². The fourth-order valence-corrected chi connectivity index (χ4v) is 4.02. The van der Waals surface area contributed by atoms with Crippen molar-refractivity contribution in [2.24, 2.45) is 0 Å². The lowest BCUT2D eigenvalue weighted by Gasteiger charge is -2.32. The Morgan fingerprint density at radius 3 is 2.66 bits per heavy atom. The summed E-state index contributed by atoms with van der Waals surface area (Å²) in [7, 11) is 0. The maximum Gasteiger partial charge on any atom is 0.253 e. The first-order valence-electron chi connectivity index (χ1n) is 10.8. The first kappa shape index (κ1) is 21.7. The second kappa shape index (κ2) is 9.72. The predicted molar refractivity (Wildman–Crippen MR) is 118 cm³/mol. The Morgan fingerprint density at radius 2 is 1.97 bits per heavy atom. The minimum Gasteiger partial charge on any atom is -0.361 e. The Kier molecular flexibility index (Phi) is 6.58. The van der Waals surface area contributed by atoms with Gasteiger partial charge in [0.15, 0.2) is 0 Å². The molecule has 8 nitrogen and oxygen atoms in total. The molecule has 166 valence electrons. The number of hydrogen-bond acceptors (Lipinski definition) is 6. The van der Waals surface area contributed by atoms with Crippen LogP contribution in [0.2, 0.25) is 0 Å². The zero-order valence-electron chi connectivity index (χ0n) is 18.4. The van der Waals surface area contributed by atoms with E-state index < -0.39 is 0 Å². The van der Waals surface area contributed by atoms with E-state index in [1.54, 1.807) is 18.5 Å². The van der Waals surface area contributed by atoms with Crippen molar-refractivity contribution in [3.05, 3.63) is 76.7 Å². The first-order valence-corrected chi connectivity index (χ1v) is 10.8. The Hall–Kier alpha value is -3.55. The molecule has 3 aromatic heterocycles. The lowest BCUT2D eigenvalue weighted by atomic mass is 9.89. The van der Waals surface area contributed by atoms with Crippen LogP contribution in [0.4, 0.5) is 0 Å². The number of pyridine rings is 2. The zero-order valence-corrected chi connectivity index (χ0v) is 18.4. The number of aromatic nitrogens is 3. The third-order valence-electron chi connectivity index (χ3n) is 5.72. The molecule has 0 atom stereocenters. The average Bonchev–Trinajstić information content (AvgIpc) is 3.22. The standard InChI is InChI=1S/C24H27N5O3/c1-16-5-6-21(24(31)26-15-18-4-3-9-25-14-18)23(27-16)19-7-10-29(11-8-19)22(30)13-20-12-17(2)28-32-20/h3-6,9,12,14,19H,7-8,10-11,13,15H2,1-2H3,(H,26,31). The highest BCUT2D eigenvalue weighted by atomic mass is 16.5. The van der Waals surface area contributed by atoms with Crippen LogP contribution in [0.15, 0.2) is 47.2 Å². The van der Waals surface area contributed by atoms with Crippen LogP contribution in [0.3, 0.4) is 0 Å². The van der Waals surface area contributed by atoms with Crippen molar-refractivity contribution in [1.82, 2.24) is 25.3 Å². The lowest BCUT2D eigenvalue weighted by molar-refractivity contribution is -0.131. The molecule has 1 fully saturated rings. The molecule has 0 radical (unpaired) electrons. The van der Waals surface area contributed by atoms with Gasteiger partial charge in [0.1, 0.15) is 5.76 Å². The maximum absolute atomic E-state index is 12.9. The summed E-state index contributed by atoms with van der Waals surface area (Å²) in [6.07, 6.45) is 5.19. The molecule has 1 aliphatic heterocycles. The third kappa shape index (κ3) is 5.19. The highest BCUT2D eigenvalue weighted by molar-refractivity contribution is 5.95. The van der Waals surface area contributed by atoms with E-state index in [4.69, 9.17) is 9.51 Å². The van der Waals surface area contributed by atoms with E-state index in [-0.39, 0.29) is 24.2 Å². The van der Waals surface area contributed by atoms with Gasteiger partial charge < -0.3 is 14.7 Å². The van der Waals surface area contributed by atoms with Gasteiger partial charge in [-0.25, -0.2) is 0 Å². The second-order valence-corrected chi connectivity index (χ2v) is 8.20. The number of amides is 2. The Bertz CT molecular complexity index is 1090. The van der Waals surface area contributed by atoms with E-state index in [2.05, 4.69) is 15.5 Å². The molecular formula is C24H27N5O3. The van der Waals surface area contributed by atoms with Gasteiger partial charge in [0.2, 0.25) is 5.91 Å². The smallest absolute Gasteiger partial charge is 0.253 e. The fraction of sp³-hybridized carbons (Fsp3) is 0.375. The molecule has 8 heteroatoms. The number of rotatable bonds is 6. The first-order chi connectivity index (χ1) is 15.5. The minimum absolute atomic E-state index is 0.0336. The van der Waals surface area contributed by atoms with Gasteiger partial charge in [0.25, 0.3) is 5.91 Å². The summed E-state index contributed by atoms with van der Waals surface area (Å²) in [6.45, 7) is 5.43. The minimum atomic E-state index is -0.143. The van der Waals surface area contributed by atoms with Crippen LogP contribution in [0.5, 0.6) is 0 Å². The van der Waals surface area contributed by atoms with Crippen LogP contribution < -0.4 is 5.32 Å². The molecule has 0 spiro atoms. The molecule has 4 heterocycles. The van der Waals surface area contributed by atoms with Crippen molar-refractivity contribution < 1.29 is 14.1 Å². The van der Waals surface area contributed by atoms with E-state index >= 15 is 0 Å². The van der Waals surface area contributed by atoms with Crippen LogP contribution in [0.1, 0.15) is 57.5 Å². The monoisotopic (exact) mass is 433 g/mol. The number of carbonyl (C=O) groups is 2. The fourth-order valence-electron chi connectivity index (χ4n) is 4.02. The van der Waals surface area contributed by atoms with Gasteiger partial charge in [-0.15, -0.1) is 0 Å². The van der Waals surface area contributed by atoms with Crippen LogP contribution in [-0.4, -0.2) is 44.9 Å². The van der Waals surface area contributed by atoms with E-state index in [1.807, 2.05) is 43.0 Å². The lowest BCUT2D eigenvalue weighted by Crippen LogP contribution is -2.39. The number of nitrogens with one attached hydrogen (secondary N) is 1. The van der Waals surface area contributed by atoms with Gasteiger partial charge in [-0.05, 0) is 50.5 Å². The average molecular weight is 434 g/mol. The predicted octanol–water partition coefficient (Wildman–Crippen LogP) is 2.96. The summed E-state index contributed by atoms with van der Waals surface area (Å²) in [5.41, 5.74) is 4.00. The molecule has 0 aromatic carbocycles. The number of carbonyl (C=O) groups excluding carboxylic acids is 2. The molecule has 1 N–H and O–H groups in total. The number of nitrogens with zero attached hydrogens (tertiary/aromatic N) is 4. The van der Waals surface area contributed by atoms with Gasteiger partial charge in [0.05, 0.1) is 23.4 Å². The van der Waals surface area contributed by atoms with Crippen molar-refractivity contribution in [2.45, 2.75) is 45.6 Å². The highest BCUT2D eigenvalue weighted by Crippen LogP contribution is 2.30. The van der Waals surface area contributed by atoms with Crippen LogP contribution >= 0.6 is 0 Å². The van der Waals surface area contributed by atoms with Crippen molar-refractivity contribution in [1.29, 1.82) is 0 Å². The van der Waals surface area contributed by atoms with Gasteiger partial charge in [0, 0.05) is 49.7 Å².